The van der Waals surface area contributed by atoms with Gasteiger partial charge in [0.2, 0.25) is 0 Å². The molecule has 0 radical (unpaired) electrons. The Bertz CT molecular complexity index is 906. The van der Waals surface area contributed by atoms with Crippen molar-refractivity contribution in [1.82, 2.24) is 14.7 Å². The van der Waals surface area contributed by atoms with Gasteiger partial charge in [-0.2, -0.15) is 5.10 Å². The Kier molecular flexibility index (Phi) is 6.11. The Labute approximate surface area is 165 Å². The zero-order chi connectivity index (χ0) is 19.4. The van der Waals surface area contributed by atoms with E-state index in [-0.39, 0.29) is 5.91 Å². The second kappa shape index (κ2) is 8.53. The van der Waals surface area contributed by atoms with Gasteiger partial charge in [0.1, 0.15) is 11.4 Å². The van der Waals surface area contributed by atoms with Crippen LogP contribution in [0.5, 0.6) is 0 Å². The van der Waals surface area contributed by atoms with Gasteiger partial charge >= 0.3 is 0 Å². The van der Waals surface area contributed by atoms with Gasteiger partial charge in [0.15, 0.2) is 0 Å². The molecule has 2 aromatic heterocycles. The van der Waals surface area contributed by atoms with E-state index in [4.69, 9.17) is 5.10 Å². The minimum absolute atomic E-state index is 0.0500. The van der Waals surface area contributed by atoms with E-state index >= 15 is 0 Å². The number of nitrogens with zero attached hydrogens (tertiary/aromatic N) is 3. The molecule has 0 saturated carbocycles. The molecule has 0 aliphatic heterocycles. The summed E-state index contributed by atoms with van der Waals surface area (Å²) in [5.41, 5.74) is 4.75. The fourth-order valence-corrected chi connectivity index (χ4v) is 4.00. The molecular formula is C22H27N3OS. The Balaban J connectivity index is 2.12. The molecule has 27 heavy (non-hydrogen) atoms. The number of amides is 1. The molecule has 0 atom stereocenters. The highest BCUT2D eigenvalue weighted by Crippen LogP contribution is 2.27. The van der Waals surface area contributed by atoms with Crippen molar-refractivity contribution in [2.24, 2.45) is 0 Å². The minimum Gasteiger partial charge on any atom is -0.337 e. The number of carbonyl (C=O) groups excluding carboxylic acids is 1. The van der Waals surface area contributed by atoms with Gasteiger partial charge in [0, 0.05) is 13.1 Å². The highest BCUT2D eigenvalue weighted by Gasteiger charge is 2.23. The number of aromatic nitrogens is 2. The summed E-state index contributed by atoms with van der Waals surface area (Å²) in [7, 11) is 0. The highest BCUT2D eigenvalue weighted by molar-refractivity contribution is 7.13. The van der Waals surface area contributed by atoms with Crippen LogP contribution in [-0.2, 0) is 0 Å². The fourth-order valence-electron chi connectivity index (χ4n) is 3.32. The molecule has 3 aromatic rings. The van der Waals surface area contributed by atoms with Gasteiger partial charge in [0.25, 0.3) is 5.91 Å². The van der Waals surface area contributed by atoms with Gasteiger partial charge in [-0.3, -0.25) is 4.79 Å². The second-order valence-electron chi connectivity index (χ2n) is 6.89. The van der Waals surface area contributed by atoms with Gasteiger partial charge in [-0.05, 0) is 55.8 Å². The lowest BCUT2D eigenvalue weighted by atomic mass is 10.1. The third-order valence-electron chi connectivity index (χ3n) is 4.56. The number of aryl methyl sites for hydroxylation is 2. The standard InChI is InChI=1S/C22H27N3OS/c1-5-11-24(12-6-2)22(26)20-15-18(21-8-7-13-27-21)23-25(20)19-10-9-16(3)14-17(19)4/h7-10,13-15H,5-6,11-12H2,1-4H3. The van der Waals surface area contributed by atoms with Gasteiger partial charge in [-0.1, -0.05) is 37.6 Å². The first-order valence-corrected chi connectivity index (χ1v) is 10.4. The predicted octanol–water partition coefficient (Wildman–Crippen LogP) is 5.48. The molecule has 0 saturated heterocycles. The molecule has 0 bridgehead atoms. The molecule has 5 heteroatoms. The average molecular weight is 382 g/mol. The largest absolute Gasteiger partial charge is 0.337 e. The molecule has 0 fully saturated rings. The van der Waals surface area contributed by atoms with Crippen LogP contribution in [0.2, 0.25) is 0 Å². The lowest BCUT2D eigenvalue weighted by Crippen LogP contribution is -2.34. The number of benzene rings is 1. The van der Waals surface area contributed by atoms with Crippen molar-refractivity contribution in [3.8, 4) is 16.3 Å². The van der Waals surface area contributed by atoms with Crippen LogP contribution in [0.25, 0.3) is 16.3 Å². The summed E-state index contributed by atoms with van der Waals surface area (Å²) in [6.45, 7) is 9.88. The number of hydrogen-bond acceptors (Lipinski definition) is 3. The van der Waals surface area contributed by atoms with Gasteiger partial charge in [-0.15, -0.1) is 11.3 Å². The van der Waals surface area contributed by atoms with Crippen molar-refractivity contribution >= 4 is 17.2 Å². The van der Waals surface area contributed by atoms with Gasteiger partial charge in [-0.25, -0.2) is 4.68 Å². The summed E-state index contributed by atoms with van der Waals surface area (Å²) in [5, 5.41) is 6.85. The Hall–Kier alpha value is -2.40. The number of thiophene rings is 1. The molecular weight excluding hydrogens is 354 g/mol. The topological polar surface area (TPSA) is 38.1 Å². The molecule has 3 rings (SSSR count). The normalized spacial score (nSPS) is 11.0. The van der Waals surface area contributed by atoms with E-state index in [1.165, 1.54) is 5.56 Å². The molecule has 0 aliphatic carbocycles. The van der Waals surface area contributed by atoms with E-state index < -0.39 is 0 Å². The molecule has 142 valence electrons. The smallest absolute Gasteiger partial charge is 0.272 e. The maximum Gasteiger partial charge on any atom is 0.272 e. The van der Waals surface area contributed by atoms with Crippen LogP contribution in [0.4, 0.5) is 0 Å². The van der Waals surface area contributed by atoms with Gasteiger partial charge < -0.3 is 4.90 Å². The first kappa shape index (κ1) is 19.4. The second-order valence-corrected chi connectivity index (χ2v) is 7.83. The average Bonchev–Trinajstić information content (AvgIpc) is 3.30. The Morgan fingerprint density at radius 1 is 1.11 bits per heavy atom. The summed E-state index contributed by atoms with van der Waals surface area (Å²) < 4.78 is 1.82. The third-order valence-corrected chi connectivity index (χ3v) is 5.45. The van der Waals surface area contributed by atoms with Crippen molar-refractivity contribution < 1.29 is 4.79 Å². The number of carbonyl (C=O) groups is 1. The minimum atomic E-state index is 0.0500. The third kappa shape index (κ3) is 4.14. The summed E-state index contributed by atoms with van der Waals surface area (Å²) >= 11 is 1.64. The van der Waals surface area contributed by atoms with Gasteiger partial charge in [0.05, 0.1) is 10.6 Å². The molecule has 2 heterocycles. The molecule has 0 unspecified atom stereocenters. The van der Waals surface area contributed by atoms with Crippen molar-refractivity contribution in [2.75, 3.05) is 13.1 Å². The van der Waals surface area contributed by atoms with E-state index in [1.54, 1.807) is 11.3 Å². The van der Waals surface area contributed by atoms with Crippen LogP contribution in [0, 0.1) is 13.8 Å². The van der Waals surface area contributed by atoms with Crippen molar-refractivity contribution in [3.63, 3.8) is 0 Å². The van der Waals surface area contributed by atoms with E-state index in [2.05, 4.69) is 45.9 Å². The fraction of sp³-hybridized carbons (Fsp3) is 0.364. The van der Waals surface area contributed by atoms with E-state index in [1.807, 2.05) is 33.2 Å². The van der Waals surface area contributed by atoms with Crippen LogP contribution >= 0.6 is 11.3 Å². The van der Waals surface area contributed by atoms with E-state index in [0.29, 0.717) is 5.69 Å². The Morgan fingerprint density at radius 3 is 2.44 bits per heavy atom. The first-order valence-electron chi connectivity index (χ1n) is 9.56. The summed E-state index contributed by atoms with van der Waals surface area (Å²) in [6, 6.07) is 12.2. The van der Waals surface area contributed by atoms with Crippen LogP contribution in [0.1, 0.15) is 48.3 Å². The van der Waals surface area contributed by atoms with E-state index in [0.717, 1.165) is 47.8 Å². The lowest BCUT2D eigenvalue weighted by molar-refractivity contribution is 0.0746. The lowest BCUT2D eigenvalue weighted by Gasteiger charge is -2.22. The molecule has 1 amide bonds. The number of rotatable bonds is 7. The molecule has 4 nitrogen and oxygen atoms in total. The Morgan fingerprint density at radius 2 is 1.85 bits per heavy atom. The predicted molar refractivity (Wildman–Crippen MR) is 113 cm³/mol. The maximum atomic E-state index is 13.3. The maximum absolute atomic E-state index is 13.3. The zero-order valence-electron chi connectivity index (χ0n) is 16.5. The van der Waals surface area contributed by atoms with Crippen LogP contribution in [0.3, 0.4) is 0 Å². The molecule has 1 aromatic carbocycles. The summed E-state index contributed by atoms with van der Waals surface area (Å²) in [6.07, 6.45) is 1.89. The SMILES string of the molecule is CCCN(CCC)C(=O)c1cc(-c2cccs2)nn1-c1ccc(C)cc1C. The highest BCUT2D eigenvalue weighted by atomic mass is 32.1. The quantitative estimate of drug-likeness (QED) is 0.543. The van der Waals surface area contributed by atoms with Crippen LogP contribution < -0.4 is 0 Å². The van der Waals surface area contributed by atoms with E-state index in [9.17, 15) is 4.79 Å². The van der Waals surface area contributed by atoms with Crippen molar-refractivity contribution in [3.05, 3.63) is 58.6 Å². The van der Waals surface area contributed by atoms with Crippen molar-refractivity contribution in [1.29, 1.82) is 0 Å². The molecule has 0 N–H and O–H groups in total. The molecule has 0 spiro atoms. The molecule has 0 aliphatic rings. The van der Waals surface area contributed by atoms with Crippen LogP contribution in [0.15, 0.2) is 41.8 Å². The monoisotopic (exact) mass is 381 g/mol. The summed E-state index contributed by atoms with van der Waals surface area (Å²) in [4.78, 5) is 16.4. The number of hydrogen-bond donors (Lipinski definition) is 0. The zero-order valence-corrected chi connectivity index (χ0v) is 17.3. The van der Waals surface area contributed by atoms with Crippen LogP contribution in [-0.4, -0.2) is 33.7 Å². The van der Waals surface area contributed by atoms with Crippen molar-refractivity contribution in [2.45, 2.75) is 40.5 Å². The first-order chi connectivity index (χ1) is 13.0. The summed E-state index contributed by atoms with van der Waals surface area (Å²) in [5.74, 6) is 0.0500.